The molecule has 0 unspecified atom stereocenters. The van der Waals surface area contributed by atoms with Gasteiger partial charge in [0.25, 0.3) is 5.91 Å². The van der Waals surface area contributed by atoms with Crippen LogP contribution in [0.5, 0.6) is 0 Å². The molecule has 21 heteroatoms. The minimum atomic E-state index is -0.891. The molecule has 12 N–H and O–H groups in total. The molecule has 300 valence electrons. The summed E-state index contributed by atoms with van der Waals surface area (Å²) < 4.78 is 4.46. The fourth-order valence-corrected chi connectivity index (χ4v) is 7.95. The fraction of sp³-hybridized carbons (Fsp3) is 0.314. The van der Waals surface area contributed by atoms with Crippen LogP contribution in [0.1, 0.15) is 80.7 Å². The molecule has 0 bridgehead atoms. The van der Waals surface area contributed by atoms with E-state index in [4.69, 9.17) is 38.7 Å². The van der Waals surface area contributed by atoms with Crippen LogP contribution >= 0.6 is 95.6 Å². The molecule has 0 atom stereocenters. The van der Waals surface area contributed by atoms with E-state index in [1.807, 2.05) is 12.1 Å². The first-order chi connectivity index (χ1) is 24.7. The smallest absolute Gasteiger partial charge is 0.870 e. The number of anilines is 3. The molecule has 0 spiro atoms. The van der Waals surface area contributed by atoms with Crippen LogP contribution in [0.3, 0.4) is 0 Å². The van der Waals surface area contributed by atoms with Crippen LogP contribution in [0.15, 0.2) is 68.2 Å². The van der Waals surface area contributed by atoms with Gasteiger partial charge in [0.15, 0.2) is 11.6 Å². The van der Waals surface area contributed by atoms with Gasteiger partial charge in [-0.05, 0) is 112 Å². The maximum atomic E-state index is 12.2. The van der Waals surface area contributed by atoms with Crippen molar-refractivity contribution < 1.29 is 86.6 Å². The molecule has 1 aliphatic rings. The van der Waals surface area contributed by atoms with Crippen molar-refractivity contribution in [2.75, 3.05) is 17.2 Å². The first-order valence-electron chi connectivity index (χ1n) is 15.4. The number of ketones is 2. The Morgan fingerprint density at radius 2 is 1.14 bits per heavy atom. The number of carbonyl (C=O) groups excluding carboxylic acids is 4. The molecule has 56 heavy (non-hydrogen) atoms. The molecular formula is C35H40Br6KN7O7. The average Bonchev–Trinajstić information content (AvgIpc) is 3.34. The van der Waals surface area contributed by atoms with E-state index in [1.54, 1.807) is 65.8 Å². The van der Waals surface area contributed by atoms with Gasteiger partial charge in [0.1, 0.15) is 11.4 Å². The predicted molar refractivity (Wildman–Crippen MR) is 235 cm³/mol. The molecule has 0 saturated heterocycles. The molecule has 0 saturated carbocycles. The summed E-state index contributed by atoms with van der Waals surface area (Å²) in [4.78, 5) is 51.5. The number of aliphatic imine (C=N–C) groups is 1. The van der Waals surface area contributed by atoms with Crippen molar-refractivity contribution in [1.29, 1.82) is 5.26 Å². The van der Waals surface area contributed by atoms with Gasteiger partial charge in [-0.2, -0.15) is 5.26 Å². The van der Waals surface area contributed by atoms with Crippen LogP contribution in [0.2, 0.25) is 0 Å². The van der Waals surface area contributed by atoms with E-state index in [0.29, 0.717) is 48.5 Å². The summed E-state index contributed by atoms with van der Waals surface area (Å²) in [5.41, 5.74) is 23.5. The summed E-state index contributed by atoms with van der Waals surface area (Å²) in [5, 5.41) is 23.7. The van der Waals surface area contributed by atoms with Gasteiger partial charge in [-0.3, -0.25) is 34.7 Å². The summed E-state index contributed by atoms with van der Waals surface area (Å²) >= 11 is 19.9. The number of nitrogens with two attached hydrogens (primary N) is 4. The molecule has 3 aromatic carbocycles. The van der Waals surface area contributed by atoms with Crippen LogP contribution in [0.4, 0.5) is 17.1 Å². The zero-order valence-corrected chi connectivity index (χ0v) is 44.0. The number of carbonyl (C=O) groups is 4. The summed E-state index contributed by atoms with van der Waals surface area (Å²) in [5.74, 6) is -0.458. The number of nitrogens with one attached hydrogen (secondary N) is 1. The number of primary amides is 1. The van der Waals surface area contributed by atoms with Crippen molar-refractivity contribution in [3.8, 4) is 6.07 Å². The van der Waals surface area contributed by atoms with Crippen molar-refractivity contribution >= 4 is 142 Å². The molecule has 0 aromatic heterocycles. The van der Waals surface area contributed by atoms with Crippen molar-refractivity contribution in [1.82, 2.24) is 5.32 Å². The number of hydrogen-bond acceptors (Lipinski definition) is 12. The van der Waals surface area contributed by atoms with Crippen LogP contribution in [-0.2, 0) is 9.59 Å². The summed E-state index contributed by atoms with van der Waals surface area (Å²) in [7, 11) is 0. The summed E-state index contributed by atoms with van der Waals surface area (Å²) in [6, 6.07) is 12.6. The number of benzene rings is 3. The van der Waals surface area contributed by atoms with Gasteiger partial charge in [-0.1, -0.05) is 61.6 Å². The number of halogens is 6. The Morgan fingerprint density at radius 3 is 1.50 bits per heavy atom. The van der Waals surface area contributed by atoms with Crippen LogP contribution in [0.25, 0.3) is 0 Å². The number of rotatable bonds is 8. The zero-order chi connectivity index (χ0) is 42.1. The minimum Gasteiger partial charge on any atom is -0.870 e. The molecule has 0 radical (unpaired) electrons. The number of hydrogen-bond donors (Lipinski definition) is 7. The summed E-state index contributed by atoms with van der Waals surface area (Å²) in [6.45, 7) is 10.3. The van der Waals surface area contributed by atoms with E-state index < -0.39 is 22.3 Å². The van der Waals surface area contributed by atoms with Crippen molar-refractivity contribution in [2.45, 2.75) is 59.9 Å². The van der Waals surface area contributed by atoms with Crippen LogP contribution < -0.4 is 79.6 Å². The van der Waals surface area contributed by atoms with E-state index in [2.05, 4.69) is 112 Å². The number of nitrogen functional groups attached to an aromatic ring is 3. The van der Waals surface area contributed by atoms with E-state index in [1.165, 1.54) is 0 Å². The van der Waals surface area contributed by atoms with Gasteiger partial charge < -0.3 is 33.7 Å². The standard InChI is InChI=1S/C12H14Br2N2O2.C12H12Br2N2O.C11H11Br2N3O.K.H2O2.H2O/c1-12(2,11(16)18)5-9(17)7-3-6(13)4-8(14)10(7)15;1-12(2,6-15)5-10(17)8-3-7(13)4-9(14)11(8)16;1-11(2)10(17)15-9(16-11)6-3-5(12)4-7(13)8(6)14;;1-2;/h3-4H,5,15H2,1-2H3,(H2,16,18);3-4H,5,16H2,1-2H3;3-4H,14H2,1-2H3,(H,15,16,17);;1-2H;1H2/q;;;+1;;/p-1. The third-order valence-corrected chi connectivity index (χ3v) is 10.8. The van der Waals surface area contributed by atoms with Crippen molar-refractivity contribution in [2.24, 2.45) is 21.6 Å². The quantitative estimate of drug-likeness (QED) is 0.0445. The maximum absolute atomic E-state index is 12.2. The number of nitrogens with zero attached hydrogens (tertiary/aromatic N) is 2. The topological polar surface area (TPSA) is 291 Å². The van der Waals surface area contributed by atoms with Gasteiger partial charge in [0, 0.05) is 56.4 Å². The molecule has 14 nitrogen and oxygen atoms in total. The fourth-order valence-electron chi connectivity index (χ4n) is 4.28. The second-order valence-corrected chi connectivity index (χ2v) is 18.8. The Balaban J connectivity index is 0. The Hall–Kier alpha value is -1.10. The monoisotopic (exact) mass is 1180 g/mol. The SMILES string of the molecule is CC(C)(C#N)CC(=O)c1cc(Br)cc(Br)c1N.CC(C)(CC(=O)c1cc(Br)cc(Br)c1N)C(N)=O.CC1(C)N=C(c2cc(Br)cc(Br)c2N)NC1=O.OO.[K+].[OH-]. The van der Waals surface area contributed by atoms with E-state index in [0.717, 1.165) is 17.9 Å². The predicted octanol–water partition coefficient (Wildman–Crippen LogP) is 6.09. The second kappa shape index (κ2) is 24.2. The molecule has 3 aromatic rings. The third-order valence-electron chi connectivity index (χ3n) is 7.49. The molecule has 4 rings (SSSR count). The molecule has 1 heterocycles. The number of nitriles is 1. The molecule has 0 fully saturated rings. The second-order valence-electron chi connectivity index (χ2n) is 13.5. The van der Waals surface area contributed by atoms with Crippen molar-refractivity contribution in [3.63, 3.8) is 0 Å². The van der Waals surface area contributed by atoms with Crippen LogP contribution in [-0.4, -0.2) is 50.7 Å². The summed E-state index contributed by atoms with van der Waals surface area (Å²) in [6.07, 6.45) is 0.173. The van der Waals surface area contributed by atoms with E-state index >= 15 is 0 Å². The Morgan fingerprint density at radius 1 is 0.768 bits per heavy atom. The van der Waals surface area contributed by atoms with E-state index in [-0.39, 0.29) is 87.2 Å². The Bertz CT molecular complexity index is 2020. The number of Topliss-reactive ketones (excluding diaryl/α,β-unsaturated/α-hetero) is 2. The first-order valence-corrected chi connectivity index (χ1v) is 20.1. The average molecular weight is 1190 g/mol. The van der Waals surface area contributed by atoms with E-state index in [9.17, 15) is 19.2 Å². The van der Waals surface area contributed by atoms with Crippen LogP contribution in [0, 0.1) is 22.2 Å². The zero-order valence-electron chi connectivity index (χ0n) is 31.3. The first kappa shape index (κ1) is 57.0. The Labute approximate surface area is 418 Å². The Kier molecular flexibility index (Phi) is 24.7. The van der Waals surface area contributed by atoms with Gasteiger partial charge in [-0.25, -0.2) is 0 Å². The van der Waals surface area contributed by atoms with Gasteiger partial charge in [0.05, 0.1) is 34.0 Å². The maximum Gasteiger partial charge on any atom is 1.00 e. The number of amidine groups is 1. The van der Waals surface area contributed by atoms with Crippen molar-refractivity contribution in [3.05, 3.63) is 79.9 Å². The van der Waals surface area contributed by atoms with Gasteiger partial charge in [0.2, 0.25) is 5.91 Å². The van der Waals surface area contributed by atoms with Gasteiger partial charge >= 0.3 is 51.4 Å². The molecule has 1 aliphatic heterocycles. The molecular weight excluding hydrogens is 1150 g/mol. The normalized spacial score (nSPS) is 12.5. The minimum absolute atomic E-state index is 0. The third kappa shape index (κ3) is 16.5. The largest absolute Gasteiger partial charge is 1.00 e. The number of amides is 2. The molecule has 2 amide bonds. The molecule has 0 aliphatic carbocycles. The van der Waals surface area contributed by atoms with Gasteiger partial charge in [-0.15, -0.1) is 0 Å².